The van der Waals surface area contributed by atoms with E-state index in [-0.39, 0.29) is 42.8 Å². The second-order valence-electron chi connectivity index (χ2n) is 22.8. The van der Waals surface area contributed by atoms with Gasteiger partial charge in [-0.3, -0.25) is 18.8 Å². The number of cyclic esters (lactones) is 1. The lowest BCUT2D eigenvalue weighted by Crippen LogP contribution is -2.61. The number of aliphatic hydroxyl groups is 1. The molecule has 0 saturated carbocycles. The monoisotopic (exact) mass is 1090 g/mol. The summed E-state index contributed by atoms with van der Waals surface area (Å²) in [5, 5.41) is 31.0. The minimum atomic E-state index is -1.39. The number of likely N-dealkylation sites (N-methyl/N-ethyl adjacent to an activating group) is 1. The summed E-state index contributed by atoms with van der Waals surface area (Å²) in [5.41, 5.74) is -2.17. The first kappa shape index (κ1) is 61.9. The third kappa shape index (κ3) is 13.5. The zero-order chi connectivity index (χ0) is 56.9. The van der Waals surface area contributed by atoms with Crippen LogP contribution >= 0.6 is 0 Å². The first-order valence-electron chi connectivity index (χ1n) is 27.6. The number of hydrogen-bond acceptors (Lipinski definition) is 18. The number of esters is 1. The largest absolute Gasteiger partial charge is 0.477 e. The highest BCUT2D eigenvalue weighted by molar-refractivity contribution is 5.88. The van der Waals surface area contributed by atoms with E-state index in [1.807, 2.05) is 80.5 Å². The summed E-state index contributed by atoms with van der Waals surface area (Å²) in [5.74, 6) is -5.15. The molecule has 21 nitrogen and oxygen atoms in total. The molecule has 4 aliphatic rings. The number of nitrogens with zero attached hydrogens (tertiary/aromatic N) is 2. The molecule has 2 aromatic heterocycles. The van der Waals surface area contributed by atoms with Crippen LogP contribution in [0.1, 0.15) is 124 Å². The van der Waals surface area contributed by atoms with Crippen LogP contribution in [0.2, 0.25) is 0 Å². The molecular weight excluding hydrogens is 999 g/mol. The fourth-order valence-electron chi connectivity index (χ4n) is 12.4. The Balaban J connectivity index is 1.19. The molecule has 2 aromatic rings. The fraction of sp³-hybridized carbons (Fsp3) is 0.768. The van der Waals surface area contributed by atoms with Gasteiger partial charge < -0.3 is 73.7 Å². The van der Waals surface area contributed by atoms with Gasteiger partial charge in [0.15, 0.2) is 18.2 Å². The number of rotatable bonds is 19. The number of carbonyl (C=O) groups excluding carboxylic acids is 3. The Bertz CT molecular complexity index is 2420. The molecule has 4 fully saturated rings. The van der Waals surface area contributed by atoms with Crippen molar-refractivity contribution >= 4 is 35.0 Å². The van der Waals surface area contributed by atoms with Crippen molar-refractivity contribution in [3.05, 3.63) is 45.9 Å². The molecule has 1 amide bonds. The number of carbonyl (C=O) groups is 4. The van der Waals surface area contributed by atoms with E-state index in [1.54, 1.807) is 47.3 Å². The maximum Gasteiger partial charge on any atom is 0.408 e. The van der Waals surface area contributed by atoms with Crippen LogP contribution in [-0.2, 0) is 58.6 Å². The second kappa shape index (κ2) is 25.9. The van der Waals surface area contributed by atoms with Gasteiger partial charge in [-0.1, -0.05) is 34.6 Å². The number of aromatic nitrogens is 1. The number of aryl methyl sites for hydroxylation is 1. The molecule has 0 radical (unpaired) electrons. The van der Waals surface area contributed by atoms with Gasteiger partial charge in [0, 0.05) is 76.0 Å². The molecule has 0 bridgehead atoms. The fourth-order valence-corrected chi connectivity index (χ4v) is 12.4. The van der Waals surface area contributed by atoms with Gasteiger partial charge in [0.1, 0.15) is 29.7 Å². The Hall–Kier alpha value is -4.29. The molecule has 77 heavy (non-hydrogen) atoms. The molecule has 6 rings (SSSR count). The quantitative estimate of drug-likeness (QED) is 0.0897. The molecule has 0 aliphatic carbocycles. The number of Topliss-reactive ketones (excluding diaryl/α,β-unsaturated/α-hetero) is 1. The van der Waals surface area contributed by atoms with Gasteiger partial charge in [-0.25, -0.2) is 9.59 Å². The van der Waals surface area contributed by atoms with Crippen molar-refractivity contribution in [3.8, 4) is 0 Å². The second-order valence-corrected chi connectivity index (χ2v) is 22.8. The number of amides is 1. The van der Waals surface area contributed by atoms with Crippen LogP contribution < -0.4 is 21.5 Å². The molecule has 0 spiro atoms. The number of anilines is 1. The number of hydrogen-bond donors (Lipinski definition) is 5. The number of nitrogens with one attached hydrogen (secondary N) is 3. The average Bonchev–Trinajstić information content (AvgIpc) is 3.73. The number of carboxylic acid groups (broad SMARTS) is 1. The van der Waals surface area contributed by atoms with Crippen LogP contribution in [-0.4, -0.2) is 182 Å². The minimum absolute atomic E-state index is 0.150. The van der Waals surface area contributed by atoms with E-state index in [4.69, 9.17) is 42.6 Å². The summed E-state index contributed by atoms with van der Waals surface area (Å²) >= 11 is 0. The molecule has 0 unspecified atom stereocenters. The van der Waals surface area contributed by atoms with Crippen molar-refractivity contribution in [1.82, 2.24) is 19.9 Å². The maximum atomic E-state index is 14.8. The summed E-state index contributed by atoms with van der Waals surface area (Å²) in [6.45, 7) is 22.5. The lowest BCUT2D eigenvalue weighted by atomic mass is 9.73. The van der Waals surface area contributed by atoms with E-state index in [0.717, 1.165) is 11.3 Å². The van der Waals surface area contributed by atoms with E-state index >= 15 is 0 Å². The van der Waals surface area contributed by atoms with Crippen LogP contribution in [0, 0.1) is 23.7 Å². The van der Waals surface area contributed by atoms with Crippen molar-refractivity contribution in [2.75, 3.05) is 59.9 Å². The molecule has 6 heterocycles. The predicted octanol–water partition coefficient (Wildman–Crippen LogP) is 5.18. The van der Waals surface area contributed by atoms with Crippen molar-refractivity contribution in [1.29, 1.82) is 0 Å². The summed E-state index contributed by atoms with van der Waals surface area (Å²) in [7, 11) is 6.95. The van der Waals surface area contributed by atoms with E-state index < -0.39 is 119 Å². The van der Waals surface area contributed by atoms with E-state index in [2.05, 4.69) is 16.0 Å². The number of ketones is 1. The Morgan fingerprint density at radius 3 is 2.23 bits per heavy atom. The summed E-state index contributed by atoms with van der Waals surface area (Å²) < 4.78 is 59.9. The molecule has 18 atom stereocenters. The van der Waals surface area contributed by atoms with E-state index in [0.29, 0.717) is 51.0 Å². The SMILES string of the molecule is CCc1cc(C(=O)O)c(=O)n2ccc(NCCNCCCO[C@H]3[C@H](C)O[C@@H](O[C@H]4[C@H](C)[C@@H](O[C@@H]5O[C@H](C)C[C@H](N(C)C)[C@H]5O)[C@](C)(OC)C[C@@H](C)C(=O)[C@@H](C)[C@H]5NC(=O)O[C@]5(C)[C@@H](CC)OC(=O)[C@@H]4C)C[C@@]3(C)OC)cc12. The third-order valence-corrected chi connectivity index (χ3v) is 16.9. The number of alkyl carbamates (subject to hydrolysis) is 1. The van der Waals surface area contributed by atoms with Crippen molar-refractivity contribution < 1.29 is 72.0 Å². The number of ether oxygens (including phenoxy) is 9. The molecule has 21 heteroatoms. The normalized spacial score (nSPS) is 37.4. The van der Waals surface area contributed by atoms with Crippen LogP contribution in [0.25, 0.3) is 5.52 Å². The highest BCUT2D eigenvalue weighted by Gasteiger charge is 2.58. The van der Waals surface area contributed by atoms with E-state index in [9.17, 15) is 34.2 Å². The molecule has 5 N–H and O–H groups in total. The molecule has 4 saturated heterocycles. The summed E-state index contributed by atoms with van der Waals surface area (Å²) in [4.78, 5) is 68.8. The van der Waals surface area contributed by atoms with Gasteiger partial charge >= 0.3 is 18.0 Å². The van der Waals surface area contributed by atoms with E-state index in [1.165, 1.54) is 10.5 Å². The van der Waals surface area contributed by atoms with Crippen LogP contribution in [0.15, 0.2) is 29.2 Å². The summed E-state index contributed by atoms with van der Waals surface area (Å²) in [6.07, 6.45) is -4.07. The first-order chi connectivity index (χ1) is 36.3. The van der Waals surface area contributed by atoms with Gasteiger partial charge in [0.05, 0.1) is 53.1 Å². The Labute approximate surface area is 454 Å². The zero-order valence-corrected chi connectivity index (χ0v) is 48.0. The van der Waals surface area contributed by atoms with Crippen molar-refractivity contribution in [2.45, 2.75) is 199 Å². The third-order valence-electron chi connectivity index (χ3n) is 16.9. The van der Waals surface area contributed by atoms with Gasteiger partial charge in [0.2, 0.25) is 0 Å². The average molecular weight is 1090 g/mol. The van der Waals surface area contributed by atoms with Gasteiger partial charge in [-0.2, -0.15) is 0 Å². The van der Waals surface area contributed by atoms with Gasteiger partial charge in [-0.15, -0.1) is 0 Å². The lowest BCUT2D eigenvalue weighted by Gasteiger charge is -2.50. The van der Waals surface area contributed by atoms with Crippen LogP contribution in [0.3, 0.4) is 0 Å². The number of aromatic carboxylic acids is 1. The maximum absolute atomic E-state index is 14.8. The molecular formula is C56H89N5O16. The number of methoxy groups -OCH3 is 2. The number of aliphatic hydroxyl groups excluding tert-OH is 1. The number of carboxylic acids is 1. The standard InChI is InChI=1S/C56H89N5O16/c1-16-36-26-38(50(65)66)49(64)61-23-19-37(27-39(36)61)58-22-21-57-20-18-24-71-48-35(8)73-42(29-55(48,10)70-15)75-45-33(6)47(76-52-44(63)40(60(12)13)25-31(4)72-52)54(9,69-14)28-30(3)43(62)32(5)46-56(11,77-53(68)59-46)41(17-2)74-51(67)34(45)7/h19,23,26-27,30-35,40-42,44-48,52,57-58,63H,16-18,20-22,24-25,28-29H2,1-15H3,(H,59,68)(H,65,66)/t30-,31-,32-,33+,34-,35+,40+,41-,42+,44-,45+,46-,47-,48+,52+,54-,55-,56-/m1/s1. The highest BCUT2D eigenvalue weighted by Crippen LogP contribution is 2.43. The first-order valence-corrected chi connectivity index (χ1v) is 27.6. The van der Waals surface area contributed by atoms with Crippen LogP contribution in [0.5, 0.6) is 0 Å². The van der Waals surface area contributed by atoms with Gasteiger partial charge in [-0.05, 0) is 118 Å². The Kier molecular flexibility index (Phi) is 20.8. The topological polar surface area (TPSA) is 253 Å². The van der Waals surface area contributed by atoms with Crippen LogP contribution in [0.4, 0.5) is 10.5 Å². The van der Waals surface area contributed by atoms with Crippen molar-refractivity contribution in [2.24, 2.45) is 23.7 Å². The minimum Gasteiger partial charge on any atom is -0.477 e. The number of fused-ring (bicyclic) bond motifs is 2. The summed E-state index contributed by atoms with van der Waals surface area (Å²) in [6, 6.07) is 3.92. The highest BCUT2D eigenvalue weighted by atomic mass is 16.7. The Morgan fingerprint density at radius 2 is 1.60 bits per heavy atom. The molecule has 4 aliphatic heterocycles. The lowest BCUT2D eigenvalue weighted by molar-refractivity contribution is -0.322. The number of pyridine rings is 2. The molecule has 434 valence electrons. The molecule has 0 aromatic carbocycles. The predicted molar refractivity (Wildman–Crippen MR) is 286 cm³/mol. The smallest absolute Gasteiger partial charge is 0.408 e. The van der Waals surface area contributed by atoms with Gasteiger partial charge in [0.25, 0.3) is 5.56 Å². The Morgan fingerprint density at radius 1 is 0.909 bits per heavy atom. The zero-order valence-electron chi connectivity index (χ0n) is 48.0. The van der Waals surface area contributed by atoms with Crippen molar-refractivity contribution in [3.63, 3.8) is 0 Å².